The van der Waals surface area contributed by atoms with E-state index in [4.69, 9.17) is 23.7 Å². The van der Waals surface area contributed by atoms with Crippen LogP contribution in [0, 0.1) is 0 Å². The Balaban J connectivity index is 1.19. The van der Waals surface area contributed by atoms with Gasteiger partial charge in [0, 0.05) is 31.5 Å². The number of benzene rings is 1. The zero-order valence-electron chi connectivity index (χ0n) is 23.7. The number of anilines is 1. The highest BCUT2D eigenvalue weighted by Gasteiger charge is 2.48. The predicted molar refractivity (Wildman–Crippen MR) is 152 cm³/mol. The lowest BCUT2D eigenvalue weighted by molar-refractivity contribution is -0.223. The number of aromatic nitrogens is 3. The van der Waals surface area contributed by atoms with E-state index in [9.17, 15) is 9.90 Å². The molecule has 3 aromatic rings. The van der Waals surface area contributed by atoms with Crippen LogP contribution in [0.4, 0.5) is 5.82 Å². The summed E-state index contributed by atoms with van der Waals surface area (Å²) in [6.07, 6.45) is 7.03. The average molecular weight is 579 g/mol. The van der Waals surface area contributed by atoms with E-state index in [2.05, 4.69) is 9.97 Å². The van der Waals surface area contributed by atoms with Crippen molar-refractivity contribution in [2.75, 3.05) is 31.3 Å². The molecule has 1 aromatic carbocycles. The molecule has 2 unspecified atom stereocenters. The summed E-state index contributed by atoms with van der Waals surface area (Å²) in [5, 5.41) is 12.5. The maximum Gasteiger partial charge on any atom is 0.259 e. The second-order valence-electron chi connectivity index (χ2n) is 11.5. The van der Waals surface area contributed by atoms with Crippen LogP contribution >= 0.6 is 0 Å². The van der Waals surface area contributed by atoms with Crippen LogP contribution in [0.1, 0.15) is 67.1 Å². The molecule has 11 heteroatoms. The molecule has 0 radical (unpaired) electrons. The average Bonchev–Trinajstić information content (AvgIpc) is 3.48. The molecule has 4 aliphatic heterocycles. The number of aliphatic hydroxyl groups excluding tert-OH is 1. The van der Waals surface area contributed by atoms with Gasteiger partial charge in [-0.05, 0) is 69.1 Å². The Morgan fingerprint density at radius 1 is 1.00 bits per heavy atom. The summed E-state index contributed by atoms with van der Waals surface area (Å²) in [6.45, 7) is 2.10. The molecule has 6 atom stereocenters. The van der Waals surface area contributed by atoms with Crippen LogP contribution in [-0.2, 0) is 30.1 Å². The third-order valence-electron chi connectivity index (χ3n) is 8.63. The van der Waals surface area contributed by atoms with Gasteiger partial charge in [0.25, 0.3) is 5.91 Å². The molecule has 0 saturated carbocycles. The van der Waals surface area contributed by atoms with Gasteiger partial charge in [-0.1, -0.05) is 18.2 Å². The lowest BCUT2D eigenvalue weighted by atomic mass is 10.1. The predicted octanol–water partition coefficient (Wildman–Crippen LogP) is 3.74. The van der Waals surface area contributed by atoms with E-state index < -0.39 is 30.8 Å². The molecule has 1 N–H and O–H groups in total. The molecule has 4 aliphatic rings. The number of nitrogens with zero attached hydrogens (tertiary/aromatic N) is 4. The van der Waals surface area contributed by atoms with Crippen molar-refractivity contribution in [1.82, 2.24) is 14.5 Å². The van der Waals surface area contributed by atoms with Crippen LogP contribution in [0.5, 0.6) is 0 Å². The highest BCUT2D eigenvalue weighted by Crippen LogP contribution is 2.39. The first kappa shape index (κ1) is 27.9. The second kappa shape index (κ2) is 12.4. The molecule has 3 saturated heterocycles. The minimum Gasteiger partial charge on any atom is -0.386 e. The van der Waals surface area contributed by atoms with Crippen LogP contribution < -0.4 is 4.90 Å². The molecule has 224 valence electrons. The minimum atomic E-state index is -0.997. The van der Waals surface area contributed by atoms with E-state index in [0.717, 1.165) is 62.3 Å². The Morgan fingerprint density at radius 2 is 1.79 bits per heavy atom. The van der Waals surface area contributed by atoms with Crippen molar-refractivity contribution in [2.24, 2.45) is 0 Å². The molecule has 11 nitrogen and oxygen atoms in total. The Hall–Kier alpha value is -2.93. The summed E-state index contributed by atoms with van der Waals surface area (Å²) in [6, 6.07) is 9.25. The monoisotopic (exact) mass is 578 g/mol. The number of rotatable bonds is 7. The Bertz CT molecular complexity index is 1370. The number of aryl methyl sites for hydroxylation is 1. The van der Waals surface area contributed by atoms with E-state index in [-0.39, 0.29) is 18.8 Å². The Labute approximate surface area is 244 Å². The Morgan fingerprint density at radius 3 is 2.55 bits per heavy atom. The molecular formula is C31H38N4O7. The SMILES string of the molecule is O=C(c1ccccc1)N1CCCc2cn([C@@H]3O[C@H](COC4CCCCO4)[C@@H](OC4CCCCO4)[C@@H]3O)c3ncnc1c23. The van der Waals surface area contributed by atoms with Crippen molar-refractivity contribution < 1.29 is 33.6 Å². The summed E-state index contributed by atoms with van der Waals surface area (Å²) in [5.41, 5.74) is 2.23. The van der Waals surface area contributed by atoms with Crippen LogP contribution in [0.2, 0.25) is 0 Å². The molecule has 6 heterocycles. The normalized spacial score (nSPS) is 30.0. The first-order chi connectivity index (χ1) is 20.7. The lowest BCUT2D eigenvalue weighted by Crippen LogP contribution is -2.41. The number of amides is 1. The molecule has 42 heavy (non-hydrogen) atoms. The molecule has 1 amide bonds. The third-order valence-corrected chi connectivity index (χ3v) is 8.63. The zero-order valence-corrected chi connectivity index (χ0v) is 23.7. The molecule has 0 bridgehead atoms. The van der Waals surface area contributed by atoms with Gasteiger partial charge in [0.1, 0.15) is 36.1 Å². The number of aliphatic hydroxyl groups is 1. The van der Waals surface area contributed by atoms with Gasteiger partial charge in [-0.3, -0.25) is 9.69 Å². The minimum absolute atomic E-state index is 0.101. The van der Waals surface area contributed by atoms with Crippen LogP contribution in [-0.4, -0.2) is 82.8 Å². The van der Waals surface area contributed by atoms with Crippen LogP contribution in [0.15, 0.2) is 42.9 Å². The van der Waals surface area contributed by atoms with Gasteiger partial charge < -0.3 is 33.4 Å². The van der Waals surface area contributed by atoms with Crippen molar-refractivity contribution in [3.8, 4) is 0 Å². The van der Waals surface area contributed by atoms with E-state index in [0.29, 0.717) is 36.8 Å². The molecule has 3 fully saturated rings. The molecule has 7 rings (SSSR count). The smallest absolute Gasteiger partial charge is 0.259 e. The topological polar surface area (TPSA) is 117 Å². The number of carbonyl (C=O) groups is 1. The van der Waals surface area contributed by atoms with Gasteiger partial charge >= 0.3 is 0 Å². The summed E-state index contributed by atoms with van der Waals surface area (Å²) in [7, 11) is 0. The fraction of sp³-hybridized carbons (Fsp3) is 0.581. The van der Waals surface area contributed by atoms with Crippen molar-refractivity contribution in [3.05, 3.63) is 54.0 Å². The second-order valence-corrected chi connectivity index (χ2v) is 11.5. The van der Waals surface area contributed by atoms with E-state index in [1.165, 1.54) is 6.33 Å². The number of ether oxygens (including phenoxy) is 5. The largest absolute Gasteiger partial charge is 0.386 e. The molecule has 0 spiro atoms. The quantitative estimate of drug-likeness (QED) is 0.447. The summed E-state index contributed by atoms with van der Waals surface area (Å²) >= 11 is 0. The number of hydrogen-bond acceptors (Lipinski definition) is 9. The molecular weight excluding hydrogens is 540 g/mol. The van der Waals surface area contributed by atoms with Crippen molar-refractivity contribution in [2.45, 2.75) is 88.5 Å². The van der Waals surface area contributed by atoms with E-state index in [1.54, 1.807) is 4.90 Å². The molecule has 0 aliphatic carbocycles. The van der Waals surface area contributed by atoms with Crippen LogP contribution in [0.3, 0.4) is 0 Å². The first-order valence-electron chi connectivity index (χ1n) is 15.2. The van der Waals surface area contributed by atoms with Gasteiger partial charge in [0.05, 0.1) is 12.0 Å². The number of hydrogen-bond donors (Lipinski definition) is 1. The summed E-state index contributed by atoms with van der Waals surface area (Å²) in [5.74, 6) is 0.474. The van der Waals surface area contributed by atoms with E-state index >= 15 is 0 Å². The lowest BCUT2D eigenvalue weighted by Gasteiger charge is -2.30. The maximum absolute atomic E-state index is 13.5. The van der Waals surface area contributed by atoms with Crippen molar-refractivity contribution in [3.63, 3.8) is 0 Å². The summed E-state index contributed by atoms with van der Waals surface area (Å²) < 4.78 is 32.5. The maximum atomic E-state index is 13.5. The van der Waals surface area contributed by atoms with E-state index in [1.807, 2.05) is 41.1 Å². The van der Waals surface area contributed by atoms with Gasteiger partial charge in [0.2, 0.25) is 0 Å². The number of carbonyl (C=O) groups excluding carboxylic acids is 1. The highest BCUT2D eigenvalue weighted by molar-refractivity contribution is 6.10. The first-order valence-corrected chi connectivity index (χ1v) is 15.2. The van der Waals surface area contributed by atoms with Crippen LogP contribution in [0.25, 0.3) is 11.0 Å². The summed E-state index contributed by atoms with van der Waals surface area (Å²) in [4.78, 5) is 24.5. The van der Waals surface area contributed by atoms with Gasteiger partial charge in [-0.2, -0.15) is 0 Å². The third kappa shape index (κ3) is 5.45. The fourth-order valence-corrected chi connectivity index (χ4v) is 6.49. The fourth-order valence-electron chi connectivity index (χ4n) is 6.49. The molecule has 2 aromatic heterocycles. The Kier molecular flexibility index (Phi) is 8.20. The van der Waals surface area contributed by atoms with Crippen molar-refractivity contribution >= 4 is 22.8 Å². The van der Waals surface area contributed by atoms with Gasteiger partial charge in [-0.15, -0.1) is 0 Å². The standard InChI is InChI=1S/C31H38N4O7/c36-26-27(42-24-13-5-7-16-39-24)22(18-40-23-12-4-6-15-38-23)41-31(26)35-17-21-11-8-14-34(28-25(21)29(35)33-19-32-28)30(37)20-9-2-1-3-10-20/h1-3,9-10,17,19,22-24,26-27,31,36H,4-8,11-16,18H2/t22-,23?,24?,26+,27-,31-/m1/s1. The van der Waals surface area contributed by atoms with Gasteiger partial charge in [-0.25, -0.2) is 9.97 Å². The highest BCUT2D eigenvalue weighted by atomic mass is 16.7. The van der Waals surface area contributed by atoms with Gasteiger partial charge in [0.15, 0.2) is 18.8 Å². The zero-order chi connectivity index (χ0) is 28.5. The van der Waals surface area contributed by atoms with Crippen molar-refractivity contribution in [1.29, 1.82) is 0 Å².